The van der Waals surface area contributed by atoms with Gasteiger partial charge < -0.3 is 15.8 Å². The quantitative estimate of drug-likeness (QED) is 0.867. The zero-order valence-corrected chi connectivity index (χ0v) is 10.6. The third-order valence-electron chi connectivity index (χ3n) is 3.07. The van der Waals surface area contributed by atoms with Gasteiger partial charge in [-0.25, -0.2) is 9.67 Å². The van der Waals surface area contributed by atoms with Crippen molar-refractivity contribution >= 4 is 11.7 Å². The predicted octanol–water partition coefficient (Wildman–Crippen LogP) is 0.868. The number of hydrogen-bond acceptors (Lipinski definition) is 5. The number of aromatic nitrogens is 3. The fourth-order valence-corrected chi connectivity index (χ4v) is 2.16. The number of amides is 1. The third kappa shape index (κ3) is 1.97. The van der Waals surface area contributed by atoms with Crippen molar-refractivity contribution in [2.75, 3.05) is 18.9 Å². The molecule has 1 amide bonds. The van der Waals surface area contributed by atoms with Crippen LogP contribution in [0.15, 0.2) is 18.3 Å². The van der Waals surface area contributed by atoms with Gasteiger partial charge in [-0.05, 0) is 12.1 Å². The van der Waals surface area contributed by atoms with E-state index in [1.165, 1.54) is 12.3 Å². The lowest BCUT2D eigenvalue weighted by molar-refractivity contribution is 0.0994. The summed E-state index contributed by atoms with van der Waals surface area (Å²) in [5.41, 5.74) is 6.60. The number of pyridine rings is 1. The monoisotopic (exact) mass is 276 g/mol. The number of rotatable bonds is 3. The van der Waals surface area contributed by atoms with Crippen molar-refractivity contribution in [1.29, 1.82) is 0 Å². The molecule has 2 aromatic rings. The van der Waals surface area contributed by atoms with Crippen LogP contribution in [0.25, 0.3) is 11.3 Å². The van der Waals surface area contributed by atoms with Crippen LogP contribution in [0.5, 0.6) is 5.88 Å². The third-order valence-corrected chi connectivity index (χ3v) is 3.07. The minimum atomic E-state index is -2.33. The maximum atomic E-state index is 11.8. The molecule has 7 heteroatoms. The Hall–Kier alpha value is -2.57. The van der Waals surface area contributed by atoms with Crippen LogP contribution < -0.4 is 15.8 Å². The smallest absolute Gasteiger partial charge is 0.256 e. The molecule has 0 bridgehead atoms. The molecule has 3 heterocycles. The zero-order chi connectivity index (χ0) is 16.6. The molecule has 0 unspecified atom stereocenters. The maximum Gasteiger partial charge on any atom is 0.256 e. The Labute approximate surface area is 120 Å². The number of carbonyl (C=O) groups is 1. The summed E-state index contributed by atoms with van der Waals surface area (Å²) in [4.78, 5) is 15.8. The molecular formula is C13H15N5O2. The molecule has 0 saturated carbocycles. The largest absolute Gasteiger partial charge is 0.477 e. The van der Waals surface area contributed by atoms with Crippen molar-refractivity contribution < 1.29 is 13.6 Å². The molecule has 0 saturated heterocycles. The van der Waals surface area contributed by atoms with E-state index in [0.717, 1.165) is 6.42 Å². The Morgan fingerprint density at radius 2 is 2.50 bits per heavy atom. The van der Waals surface area contributed by atoms with E-state index in [-0.39, 0.29) is 11.4 Å². The Morgan fingerprint density at radius 1 is 1.60 bits per heavy atom. The summed E-state index contributed by atoms with van der Waals surface area (Å²) in [6.45, 7) is -1.18. The maximum absolute atomic E-state index is 11.8. The first kappa shape index (κ1) is 9.35. The van der Waals surface area contributed by atoms with E-state index < -0.39 is 12.9 Å². The van der Waals surface area contributed by atoms with Crippen LogP contribution in [0.3, 0.4) is 0 Å². The van der Waals surface area contributed by atoms with Gasteiger partial charge in [-0.3, -0.25) is 4.79 Å². The molecule has 3 rings (SSSR count). The normalized spacial score (nSPS) is 16.3. The van der Waals surface area contributed by atoms with E-state index >= 15 is 0 Å². The van der Waals surface area contributed by atoms with Gasteiger partial charge in [0.05, 0.1) is 6.61 Å². The molecule has 0 fully saturated rings. The summed E-state index contributed by atoms with van der Waals surface area (Å²) in [5.74, 6) is -0.0640. The van der Waals surface area contributed by atoms with Crippen molar-refractivity contribution in [3.8, 4) is 17.1 Å². The molecule has 0 atom stereocenters. The highest BCUT2D eigenvalue weighted by atomic mass is 16.5. The molecule has 0 radical (unpaired) electrons. The van der Waals surface area contributed by atoms with Gasteiger partial charge in [-0.1, -0.05) is 0 Å². The van der Waals surface area contributed by atoms with Crippen molar-refractivity contribution in [3.63, 3.8) is 0 Å². The Balaban J connectivity index is 1.98. The number of primary amides is 1. The van der Waals surface area contributed by atoms with Crippen LogP contribution in [0.1, 0.15) is 20.9 Å². The van der Waals surface area contributed by atoms with E-state index in [4.69, 9.17) is 14.6 Å². The van der Waals surface area contributed by atoms with Gasteiger partial charge in [0.2, 0.25) is 5.88 Å². The number of anilines is 1. The number of nitrogens with two attached hydrogens (primary N) is 1. The van der Waals surface area contributed by atoms with Crippen LogP contribution in [-0.2, 0) is 6.54 Å². The number of nitrogens with zero attached hydrogens (tertiary/aromatic N) is 3. The summed E-state index contributed by atoms with van der Waals surface area (Å²) in [6.07, 6.45) is 2.24. The highest BCUT2D eigenvalue weighted by molar-refractivity contribution is 6.01. The highest BCUT2D eigenvalue weighted by Crippen LogP contribution is 2.32. The van der Waals surface area contributed by atoms with Gasteiger partial charge in [0.1, 0.15) is 17.1 Å². The summed E-state index contributed by atoms with van der Waals surface area (Å²) in [7, 11) is 0. The highest BCUT2D eigenvalue weighted by Gasteiger charge is 2.26. The van der Waals surface area contributed by atoms with E-state index in [2.05, 4.69) is 15.4 Å². The lowest BCUT2D eigenvalue weighted by Gasteiger charge is -2.14. The number of aryl methyl sites for hydroxylation is 1. The van der Waals surface area contributed by atoms with Gasteiger partial charge in [-0.2, -0.15) is 5.10 Å². The van der Waals surface area contributed by atoms with E-state index in [9.17, 15) is 4.79 Å². The molecule has 0 aliphatic carbocycles. The molecule has 0 aromatic carbocycles. The molecule has 2 aromatic heterocycles. The Morgan fingerprint density at radius 3 is 3.20 bits per heavy atom. The molecule has 1 aliphatic rings. The van der Waals surface area contributed by atoms with Crippen LogP contribution in [0.2, 0.25) is 0 Å². The number of ether oxygens (including phenoxy) is 1. The van der Waals surface area contributed by atoms with E-state index in [0.29, 0.717) is 30.3 Å². The number of carbonyl (C=O) groups excluding carboxylic acids is 1. The molecule has 3 N–H and O–H groups in total. The molecular weight excluding hydrogens is 258 g/mol. The average molecular weight is 276 g/mol. The Kier molecular flexibility index (Phi) is 2.26. The molecule has 7 nitrogen and oxygen atoms in total. The second-order valence-corrected chi connectivity index (χ2v) is 4.38. The lowest BCUT2D eigenvalue weighted by Crippen LogP contribution is -2.18. The van der Waals surface area contributed by atoms with E-state index in [1.807, 2.05) is 0 Å². The first-order chi connectivity index (χ1) is 10.8. The van der Waals surface area contributed by atoms with Crippen LogP contribution in [0.4, 0.5) is 5.82 Å². The predicted molar refractivity (Wildman–Crippen MR) is 73.6 cm³/mol. The molecule has 104 valence electrons. The number of fused-ring (bicyclic) bond motifs is 1. The van der Waals surface area contributed by atoms with Gasteiger partial charge >= 0.3 is 0 Å². The molecule has 0 spiro atoms. The molecule has 20 heavy (non-hydrogen) atoms. The van der Waals surface area contributed by atoms with Crippen molar-refractivity contribution in [3.05, 3.63) is 23.9 Å². The number of nitrogens with one attached hydrogen (secondary N) is 1. The summed E-state index contributed by atoms with van der Waals surface area (Å²) < 4.78 is 28.6. The van der Waals surface area contributed by atoms with Crippen molar-refractivity contribution in [2.24, 2.45) is 5.73 Å². The van der Waals surface area contributed by atoms with Crippen LogP contribution in [0, 0.1) is 0 Å². The summed E-state index contributed by atoms with van der Waals surface area (Å²) >= 11 is 0. The second-order valence-electron chi connectivity index (χ2n) is 4.38. The fraction of sp³-hybridized carbons (Fsp3) is 0.308. The summed E-state index contributed by atoms with van der Waals surface area (Å²) in [5, 5.41) is 6.66. The zero-order valence-electron chi connectivity index (χ0n) is 13.6. The van der Waals surface area contributed by atoms with Crippen LogP contribution in [-0.4, -0.2) is 34.3 Å². The van der Waals surface area contributed by atoms with Gasteiger partial charge in [0.25, 0.3) is 5.91 Å². The van der Waals surface area contributed by atoms with Crippen molar-refractivity contribution in [1.82, 2.24) is 14.8 Å². The Bertz CT molecular complexity index is 739. The van der Waals surface area contributed by atoms with Gasteiger partial charge in [0, 0.05) is 35.8 Å². The standard InChI is InChI=1S/C13H15N5O2/c1-15-9-4-3-8(7-16-9)11-10(12(14)19)13-18(17-11)5-2-6-20-13/h3-4,7H,2,5-6H2,1H3,(H2,14,19)(H,15,16)/i1D3. The van der Waals surface area contributed by atoms with Gasteiger partial charge in [-0.15, -0.1) is 0 Å². The first-order valence-corrected chi connectivity index (χ1v) is 6.13. The summed E-state index contributed by atoms with van der Waals surface area (Å²) in [6, 6.07) is 3.13. The van der Waals surface area contributed by atoms with Crippen molar-refractivity contribution in [2.45, 2.75) is 13.0 Å². The number of hydrogen-bond donors (Lipinski definition) is 2. The fourth-order valence-electron chi connectivity index (χ4n) is 2.16. The minimum Gasteiger partial charge on any atom is -0.477 e. The lowest BCUT2D eigenvalue weighted by atomic mass is 10.1. The SMILES string of the molecule is [2H]C([2H])([2H])Nc1ccc(-c2nn3c(c2C(N)=O)OCCC3)cn1. The van der Waals surface area contributed by atoms with Gasteiger partial charge in [0.15, 0.2) is 0 Å². The van der Waals surface area contributed by atoms with Crippen LogP contribution >= 0.6 is 0 Å². The average Bonchev–Trinajstić information content (AvgIpc) is 2.85. The second kappa shape index (κ2) is 4.84. The molecule has 1 aliphatic heterocycles. The first-order valence-electron chi connectivity index (χ1n) is 7.63. The minimum absolute atomic E-state index is 0.203. The topological polar surface area (TPSA) is 95.1 Å². The van der Waals surface area contributed by atoms with E-state index in [1.54, 1.807) is 10.7 Å².